The lowest BCUT2D eigenvalue weighted by Crippen LogP contribution is -2.58. The summed E-state index contributed by atoms with van der Waals surface area (Å²) in [5.74, 6) is 0.651. The highest BCUT2D eigenvalue weighted by atomic mass is 35.5. The molecule has 2 amide bonds. The predicted molar refractivity (Wildman–Crippen MR) is 115 cm³/mol. The van der Waals surface area contributed by atoms with Gasteiger partial charge in [0.2, 0.25) is 5.91 Å². The molecule has 1 aromatic carbocycles. The van der Waals surface area contributed by atoms with Gasteiger partial charge >= 0.3 is 0 Å². The minimum absolute atomic E-state index is 0.101. The number of fused-ring (bicyclic) bond motifs is 1. The SMILES string of the molecule is C[C@H]1C(=O)N(Cc2ccc3c(N)ncnc3c2)CCN1C(=O)COc1csc(Cl)c1. The van der Waals surface area contributed by atoms with E-state index in [1.807, 2.05) is 18.2 Å². The standard InChI is InChI=1S/C20H20ClN5O3S/c1-12-20(28)25(8-13-2-3-15-16(6-13)23-11-24-19(15)22)4-5-26(12)18(27)9-29-14-7-17(21)30-10-14/h2-3,6-7,10-12H,4-5,8-9H2,1H3,(H2,22,23,24)/t12-/m0/s1. The van der Waals surface area contributed by atoms with Gasteiger partial charge < -0.3 is 20.3 Å². The average molecular weight is 446 g/mol. The summed E-state index contributed by atoms with van der Waals surface area (Å²) in [5.41, 5.74) is 7.55. The summed E-state index contributed by atoms with van der Waals surface area (Å²) in [6.07, 6.45) is 1.42. The van der Waals surface area contributed by atoms with Gasteiger partial charge in [0, 0.05) is 36.5 Å². The van der Waals surface area contributed by atoms with E-state index in [2.05, 4.69) is 9.97 Å². The molecule has 0 aliphatic carbocycles. The number of carbonyl (C=O) groups is 2. The number of nitrogens with zero attached hydrogens (tertiary/aromatic N) is 4. The molecular formula is C20H20ClN5O3S. The van der Waals surface area contributed by atoms with Crippen LogP contribution in [0.5, 0.6) is 5.75 Å². The average Bonchev–Trinajstić information content (AvgIpc) is 3.15. The Balaban J connectivity index is 1.39. The number of benzene rings is 1. The third-order valence-electron chi connectivity index (χ3n) is 5.08. The lowest BCUT2D eigenvalue weighted by molar-refractivity contribution is -0.152. The molecule has 0 spiro atoms. The second-order valence-corrected chi connectivity index (χ2v) is 8.55. The van der Waals surface area contributed by atoms with Crippen molar-refractivity contribution in [1.29, 1.82) is 0 Å². The molecule has 0 unspecified atom stereocenters. The van der Waals surface area contributed by atoms with E-state index in [1.54, 1.807) is 28.2 Å². The number of anilines is 1. The largest absolute Gasteiger partial charge is 0.483 e. The summed E-state index contributed by atoms with van der Waals surface area (Å²) in [5, 5.41) is 2.52. The Bertz CT molecular complexity index is 1100. The first-order valence-corrected chi connectivity index (χ1v) is 10.6. The van der Waals surface area contributed by atoms with Gasteiger partial charge in [-0.3, -0.25) is 9.59 Å². The molecular weight excluding hydrogens is 426 g/mol. The number of nitrogen functional groups attached to an aromatic ring is 1. The van der Waals surface area contributed by atoms with E-state index in [-0.39, 0.29) is 18.4 Å². The molecule has 8 nitrogen and oxygen atoms in total. The number of hydrogen-bond acceptors (Lipinski definition) is 7. The molecule has 0 radical (unpaired) electrons. The van der Waals surface area contributed by atoms with E-state index in [1.165, 1.54) is 17.7 Å². The molecule has 4 rings (SSSR count). The number of aromatic nitrogens is 2. The van der Waals surface area contributed by atoms with Gasteiger partial charge in [-0.25, -0.2) is 9.97 Å². The third-order valence-corrected chi connectivity index (χ3v) is 6.15. The van der Waals surface area contributed by atoms with Crippen molar-refractivity contribution in [2.75, 3.05) is 25.4 Å². The number of hydrogen-bond donors (Lipinski definition) is 1. The lowest BCUT2D eigenvalue weighted by atomic mass is 10.1. The molecule has 0 saturated carbocycles. The molecule has 3 heterocycles. The van der Waals surface area contributed by atoms with Crippen LogP contribution in [0.2, 0.25) is 4.34 Å². The van der Waals surface area contributed by atoms with Gasteiger partial charge in [0.25, 0.3) is 5.91 Å². The maximum Gasteiger partial charge on any atom is 0.261 e. The second kappa shape index (κ2) is 8.45. The first kappa shape index (κ1) is 20.4. The molecule has 10 heteroatoms. The van der Waals surface area contributed by atoms with Crippen molar-refractivity contribution >= 4 is 51.5 Å². The van der Waals surface area contributed by atoms with Gasteiger partial charge in [0.05, 0.1) is 9.85 Å². The molecule has 156 valence electrons. The minimum Gasteiger partial charge on any atom is -0.483 e. The van der Waals surface area contributed by atoms with Crippen LogP contribution in [-0.4, -0.2) is 57.3 Å². The first-order valence-electron chi connectivity index (χ1n) is 9.36. The van der Waals surface area contributed by atoms with E-state index in [9.17, 15) is 9.59 Å². The number of rotatable bonds is 5. The molecule has 3 aromatic rings. The minimum atomic E-state index is -0.556. The lowest BCUT2D eigenvalue weighted by Gasteiger charge is -2.39. The van der Waals surface area contributed by atoms with Crippen molar-refractivity contribution in [1.82, 2.24) is 19.8 Å². The zero-order valence-electron chi connectivity index (χ0n) is 16.2. The highest BCUT2D eigenvalue weighted by molar-refractivity contribution is 7.14. The molecule has 1 aliphatic heterocycles. The summed E-state index contributed by atoms with van der Waals surface area (Å²) in [6.45, 7) is 2.94. The van der Waals surface area contributed by atoms with Crippen LogP contribution >= 0.6 is 22.9 Å². The first-order chi connectivity index (χ1) is 14.4. The van der Waals surface area contributed by atoms with Gasteiger partial charge in [-0.05, 0) is 24.6 Å². The van der Waals surface area contributed by atoms with Crippen LogP contribution in [0.15, 0.2) is 36.0 Å². The number of halogens is 1. The van der Waals surface area contributed by atoms with Crippen molar-refractivity contribution in [3.05, 3.63) is 45.9 Å². The van der Waals surface area contributed by atoms with E-state index in [0.29, 0.717) is 35.5 Å². The molecule has 1 saturated heterocycles. The number of carbonyl (C=O) groups excluding carboxylic acids is 2. The van der Waals surface area contributed by atoms with E-state index in [4.69, 9.17) is 22.1 Å². The Kier molecular flexibility index (Phi) is 5.74. The number of thiophene rings is 1. The fourth-order valence-corrected chi connectivity index (χ4v) is 4.26. The molecule has 2 aromatic heterocycles. The van der Waals surface area contributed by atoms with E-state index < -0.39 is 6.04 Å². The molecule has 2 N–H and O–H groups in total. The summed E-state index contributed by atoms with van der Waals surface area (Å²) >= 11 is 7.20. The highest BCUT2D eigenvalue weighted by Gasteiger charge is 2.34. The highest BCUT2D eigenvalue weighted by Crippen LogP contribution is 2.26. The van der Waals surface area contributed by atoms with Crippen LogP contribution in [0.3, 0.4) is 0 Å². The van der Waals surface area contributed by atoms with Crippen LogP contribution < -0.4 is 10.5 Å². The topological polar surface area (TPSA) is 102 Å². The van der Waals surface area contributed by atoms with Crippen LogP contribution in [0.25, 0.3) is 10.9 Å². The molecule has 1 aliphatic rings. The monoisotopic (exact) mass is 445 g/mol. The Morgan fingerprint density at radius 3 is 2.93 bits per heavy atom. The van der Waals surface area contributed by atoms with E-state index in [0.717, 1.165) is 16.5 Å². The molecule has 0 bridgehead atoms. The van der Waals surface area contributed by atoms with Crippen molar-refractivity contribution in [2.24, 2.45) is 0 Å². The summed E-state index contributed by atoms with van der Waals surface area (Å²) in [6, 6.07) is 6.79. The fourth-order valence-electron chi connectivity index (χ4n) is 3.47. The van der Waals surface area contributed by atoms with Crippen LogP contribution in [0, 0.1) is 0 Å². The smallest absolute Gasteiger partial charge is 0.261 e. The van der Waals surface area contributed by atoms with Gasteiger partial charge in [-0.2, -0.15) is 0 Å². The number of ether oxygens (including phenoxy) is 1. The number of amides is 2. The zero-order chi connectivity index (χ0) is 21.3. The van der Waals surface area contributed by atoms with Gasteiger partial charge in [0.15, 0.2) is 6.61 Å². The Morgan fingerprint density at radius 1 is 1.33 bits per heavy atom. The maximum atomic E-state index is 12.9. The quantitative estimate of drug-likeness (QED) is 0.647. The van der Waals surface area contributed by atoms with Crippen LogP contribution in [-0.2, 0) is 16.1 Å². The van der Waals surface area contributed by atoms with E-state index >= 15 is 0 Å². The van der Waals surface area contributed by atoms with Gasteiger partial charge in [0.1, 0.15) is 23.9 Å². The van der Waals surface area contributed by atoms with Crippen molar-refractivity contribution in [3.63, 3.8) is 0 Å². The van der Waals surface area contributed by atoms with Gasteiger partial charge in [-0.1, -0.05) is 17.7 Å². The summed E-state index contributed by atoms with van der Waals surface area (Å²) in [4.78, 5) is 37.0. The number of piperazine rings is 1. The van der Waals surface area contributed by atoms with Crippen LogP contribution in [0.4, 0.5) is 5.82 Å². The second-order valence-electron chi connectivity index (χ2n) is 7.01. The van der Waals surface area contributed by atoms with Crippen molar-refractivity contribution in [3.8, 4) is 5.75 Å². The third kappa shape index (κ3) is 4.17. The van der Waals surface area contributed by atoms with Crippen LogP contribution in [0.1, 0.15) is 12.5 Å². The molecule has 1 atom stereocenters. The molecule has 1 fully saturated rings. The predicted octanol–water partition coefficient (Wildman–Crippen LogP) is 2.57. The Morgan fingerprint density at radius 2 is 2.17 bits per heavy atom. The zero-order valence-corrected chi connectivity index (χ0v) is 17.8. The normalized spacial score (nSPS) is 16.9. The Labute approximate surface area is 182 Å². The summed E-state index contributed by atoms with van der Waals surface area (Å²) in [7, 11) is 0. The molecule has 30 heavy (non-hydrogen) atoms. The van der Waals surface area contributed by atoms with Gasteiger partial charge in [-0.15, -0.1) is 11.3 Å². The fraction of sp³-hybridized carbons (Fsp3) is 0.300. The van der Waals surface area contributed by atoms with Crippen molar-refractivity contribution in [2.45, 2.75) is 19.5 Å². The maximum absolute atomic E-state index is 12.9. The Hall–Kier alpha value is -2.91. The van der Waals surface area contributed by atoms with Crippen molar-refractivity contribution < 1.29 is 14.3 Å². The number of nitrogens with two attached hydrogens (primary N) is 1. The summed E-state index contributed by atoms with van der Waals surface area (Å²) < 4.78 is 6.08.